The molecule has 0 aliphatic carbocycles. The van der Waals surface area contributed by atoms with Crippen LogP contribution in [-0.4, -0.2) is 19.9 Å². The second-order valence-corrected chi connectivity index (χ2v) is 12.2. The number of furan rings is 1. The maximum Gasteiger partial charge on any atom is 0.164 e. The Labute approximate surface area is 294 Å². The van der Waals surface area contributed by atoms with Gasteiger partial charge in [0, 0.05) is 39.2 Å². The number of aromatic nitrogens is 4. The average molecular weight is 654 g/mol. The van der Waals surface area contributed by atoms with Crippen LogP contribution in [0.4, 0.5) is 0 Å². The summed E-state index contributed by atoms with van der Waals surface area (Å²) in [5, 5.41) is 11.7. The van der Waals surface area contributed by atoms with Gasteiger partial charge in [-0.05, 0) is 58.7 Å². The van der Waals surface area contributed by atoms with Crippen molar-refractivity contribution in [2.24, 2.45) is 0 Å². The van der Waals surface area contributed by atoms with Crippen LogP contribution in [0, 0.1) is 11.3 Å². The van der Waals surface area contributed by atoms with Gasteiger partial charge in [-0.15, -0.1) is 0 Å². The minimum absolute atomic E-state index is 0.547. The number of hydrogen-bond acceptors (Lipinski definition) is 6. The normalized spacial score (nSPS) is 11.1. The van der Waals surface area contributed by atoms with E-state index in [1.54, 1.807) is 0 Å². The molecule has 0 aliphatic heterocycles. The summed E-state index contributed by atoms with van der Waals surface area (Å²) < 4.78 is 6.47. The third kappa shape index (κ3) is 5.59. The number of nitrogens with zero attached hydrogens (tertiary/aromatic N) is 5. The molecule has 0 atom stereocenters. The third-order valence-corrected chi connectivity index (χ3v) is 9.08. The van der Waals surface area contributed by atoms with Gasteiger partial charge in [-0.3, -0.25) is 4.98 Å². The maximum absolute atomic E-state index is 9.62. The topological polar surface area (TPSA) is 88.5 Å². The first kappa shape index (κ1) is 29.9. The van der Waals surface area contributed by atoms with Crippen molar-refractivity contribution in [1.82, 2.24) is 19.9 Å². The Bertz CT molecular complexity index is 2730. The molecule has 51 heavy (non-hydrogen) atoms. The molecule has 3 heterocycles. The van der Waals surface area contributed by atoms with Crippen molar-refractivity contribution < 1.29 is 4.42 Å². The predicted molar refractivity (Wildman–Crippen MR) is 202 cm³/mol. The van der Waals surface area contributed by atoms with Gasteiger partial charge in [0.15, 0.2) is 17.5 Å². The van der Waals surface area contributed by atoms with Crippen molar-refractivity contribution in [3.8, 4) is 73.7 Å². The van der Waals surface area contributed by atoms with Crippen molar-refractivity contribution in [1.29, 1.82) is 5.26 Å². The van der Waals surface area contributed by atoms with Gasteiger partial charge in [-0.25, -0.2) is 15.0 Å². The highest BCUT2D eigenvalue weighted by Crippen LogP contribution is 2.39. The largest absolute Gasteiger partial charge is 0.456 e. The fourth-order valence-electron chi connectivity index (χ4n) is 6.54. The van der Waals surface area contributed by atoms with Crippen LogP contribution in [0.1, 0.15) is 5.56 Å². The molecule has 9 rings (SSSR count). The van der Waals surface area contributed by atoms with Crippen LogP contribution >= 0.6 is 0 Å². The lowest BCUT2D eigenvalue weighted by Gasteiger charge is -2.09. The fourth-order valence-corrected chi connectivity index (χ4v) is 6.54. The summed E-state index contributed by atoms with van der Waals surface area (Å²) in [6.07, 6.45) is 1.81. The highest BCUT2D eigenvalue weighted by Gasteiger charge is 2.17. The molecular formula is C45H27N5O. The van der Waals surface area contributed by atoms with Crippen LogP contribution < -0.4 is 0 Å². The van der Waals surface area contributed by atoms with E-state index < -0.39 is 0 Å². The molecule has 0 radical (unpaired) electrons. The molecule has 0 bridgehead atoms. The molecule has 6 aromatic carbocycles. The molecule has 0 saturated carbocycles. The van der Waals surface area contributed by atoms with Gasteiger partial charge in [0.25, 0.3) is 0 Å². The summed E-state index contributed by atoms with van der Waals surface area (Å²) in [6, 6.07) is 54.6. The zero-order valence-corrected chi connectivity index (χ0v) is 27.2. The Morgan fingerprint density at radius 3 is 1.76 bits per heavy atom. The smallest absolute Gasteiger partial charge is 0.164 e. The predicted octanol–water partition coefficient (Wildman–Crippen LogP) is 11.0. The molecule has 0 fully saturated rings. The van der Waals surface area contributed by atoms with Gasteiger partial charge in [0.2, 0.25) is 0 Å². The van der Waals surface area contributed by atoms with Crippen molar-refractivity contribution in [2.45, 2.75) is 0 Å². The molecule has 0 amide bonds. The second-order valence-electron chi connectivity index (χ2n) is 12.2. The van der Waals surface area contributed by atoms with Crippen LogP contribution in [0.5, 0.6) is 0 Å². The molecule has 6 heteroatoms. The van der Waals surface area contributed by atoms with Gasteiger partial charge in [-0.2, -0.15) is 5.26 Å². The molecule has 0 aliphatic rings. The molecule has 6 nitrogen and oxygen atoms in total. The van der Waals surface area contributed by atoms with Gasteiger partial charge in [-0.1, -0.05) is 121 Å². The number of fused-ring (bicyclic) bond motifs is 3. The first-order valence-electron chi connectivity index (χ1n) is 16.6. The Hall–Kier alpha value is -7.23. The third-order valence-electron chi connectivity index (χ3n) is 9.08. The van der Waals surface area contributed by atoms with E-state index >= 15 is 0 Å². The first-order valence-corrected chi connectivity index (χ1v) is 16.6. The van der Waals surface area contributed by atoms with E-state index in [-0.39, 0.29) is 0 Å². The molecule has 0 spiro atoms. The Morgan fingerprint density at radius 1 is 0.451 bits per heavy atom. The van der Waals surface area contributed by atoms with Gasteiger partial charge >= 0.3 is 0 Å². The standard InChI is InChI=1S/C45H27N5O/c46-28-35-11-4-5-12-36(35)29-18-22-33(23-19-29)44-48-43(32-9-2-1-3-10-32)49-45(50-44)34-24-25-38-41(27-34)51-40-15-8-13-37(42(38)40)30-16-20-31(21-17-30)39-14-6-7-26-47-39/h1-27H. The van der Waals surface area contributed by atoms with E-state index in [9.17, 15) is 5.26 Å². The summed E-state index contributed by atoms with van der Waals surface area (Å²) in [5.74, 6) is 1.68. The van der Waals surface area contributed by atoms with E-state index in [1.807, 2.05) is 128 Å². The lowest BCUT2D eigenvalue weighted by atomic mass is 9.97. The summed E-state index contributed by atoms with van der Waals surface area (Å²) >= 11 is 0. The maximum atomic E-state index is 9.62. The summed E-state index contributed by atoms with van der Waals surface area (Å²) in [6.45, 7) is 0. The number of nitriles is 1. The monoisotopic (exact) mass is 653 g/mol. The summed E-state index contributed by atoms with van der Waals surface area (Å²) in [7, 11) is 0. The minimum atomic E-state index is 0.547. The summed E-state index contributed by atoms with van der Waals surface area (Å²) in [4.78, 5) is 19.3. The van der Waals surface area contributed by atoms with Crippen molar-refractivity contribution in [3.05, 3.63) is 169 Å². The Balaban J connectivity index is 1.12. The van der Waals surface area contributed by atoms with Gasteiger partial charge in [0.05, 0.1) is 17.3 Å². The molecule has 3 aromatic heterocycles. The molecule has 0 saturated heterocycles. The minimum Gasteiger partial charge on any atom is -0.456 e. The quantitative estimate of drug-likeness (QED) is 0.177. The van der Waals surface area contributed by atoms with Crippen molar-refractivity contribution >= 4 is 21.9 Å². The molecular weight excluding hydrogens is 627 g/mol. The van der Waals surface area contributed by atoms with Crippen LogP contribution in [0.2, 0.25) is 0 Å². The average Bonchev–Trinajstić information content (AvgIpc) is 3.60. The van der Waals surface area contributed by atoms with Gasteiger partial charge < -0.3 is 4.42 Å². The van der Waals surface area contributed by atoms with Crippen LogP contribution in [0.25, 0.3) is 89.6 Å². The van der Waals surface area contributed by atoms with E-state index in [0.29, 0.717) is 23.0 Å². The van der Waals surface area contributed by atoms with E-state index in [2.05, 4.69) is 47.5 Å². The van der Waals surface area contributed by atoms with Crippen molar-refractivity contribution in [3.63, 3.8) is 0 Å². The van der Waals surface area contributed by atoms with E-state index in [4.69, 9.17) is 19.4 Å². The molecule has 9 aromatic rings. The van der Waals surface area contributed by atoms with E-state index in [0.717, 1.165) is 72.1 Å². The number of rotatable bonds is 6. The lowest BCUT2D eigenvalue weighted by Crippen LogP contribution is -2.00. The zero-order valence-electron chi connectivity index (χ0n) is 27.2. The van der Waals surface area contributed by atoms with Crippen LogP contribution in [-0.2, 0) is 0 Å². The number of pyridine rings is 1. The number of hydrogen-bond donors (Lipinski definition) is 0. The highest BCUT2D eigenvalue weighted by molar-refractivity contribution is 6.13. The first-order chi connectivity index (χ1) is 25.2. The molecule has 0 unspecified atom stereocenters. The SMILES string of the molecule is N#Cc1ccccc1-c1ccc(-c2nc(-c3ccccc3)nc(-c3ccc4c(c3)oc3cccc(-c5ccc(-c6ccccn6)cc5)c34)n2)cc1. The van der Waals surface area contributed by atoms with Crippen LogP contribution in [0.3, 0.4) is 0 Å². The zero-order chi connectivity index (χ0) is 34.1. The number of benzene rings is 6. The van der Waals surface area contributed by atoms with E-state index in [1.165, 1.54) is 0 Å². The van der Waals surface area contributed by atoms with Gasteiger partial charge in [0.1, 0.15) is 11.2 Å². The second kappa shape index (κ2) is 12.7. The van der Waals surface area contributed by atoms with Crippen LogP contribution in [0.15, 0.2) is 168 Å². The highest BCUT2D eigenvalue weighted by atomic mass is 16.3. The Kier molecular flexibility index (Phi) is 7.42. The molecule has 0 N–H and O–H groups in total. The molecule has 238 valence electrons. The van der Waals surface area contributed by atoms with Crippen molar-refractivity contribution in [2.75, 3.05) is 0 Å². The Morgan fingerprint density at radius 2 is 1.04 bits per heavy atom. The lowest BCUT2D eigenvalue weighted by molar-refractivity contribution is 0.669. The summed E-state index contributed by atoms with van der Waals surface area (Å²) in [5.41, 5.74) is 10.8. The fraction of sp³-hybridized carbons (Fsp3) is 0.